The molecule has 45 heavy (non-hydrogen) atoms. The first kappa shape index (κ1) is 27.9. The van der Waals surface area contributed by atoms with Crippen LogP contribution in [0.1, 0.15) is 18.1 Å². The van der Waals surface area contributed by atoms with E-state index < -0.39 is 11.7 Å². The van der Waals surface area contributed by atoms with Crippen LogP contribution < -0.4 is 4.90 Å². The molecule has 6 nitrogen and oxygen atoms in total. The largest absolute Gasteiger partial charge is 0.416 e. The molecule has 0 bridgehead atoms. The summed E-state index contributed by atoms with van der Waals surface area (Å²) in [5.74, 6) is 0.387. The molecule has 7 aromatic rings. The van der Waals surface area contributed by atoms with E-state index in [1.54, 1.807) is 0 Å². The van der Waals surface area contributed by atoms with E-state index in [4.69, 9.17) is 4.42 Å². The first-order chi connectivity index (χ1) is 21.8. The Balaban J connectivity index is 1.26. The third kappa shape index (κ3) is 5.06. The van der Waals surface area contributed by atoms with Gasteiger partial charge in [0.05, 0.1) is 17.2 Å². The van der Waals surface area contributed by atoms with E-state index in [1.807, 2.05) is 72.8 Å². The summed E-state index contributed by atoms with van der Waals surface area (Å²) < 4.78 is 47.0. The Hall–Kier alpha value is -5.88. The van der Waals surface area contributed by atoms with Gasteiger partial charge in [-0.25, -0.2) is 0 Å². The van der Waals surface area contributed by atoms with E-state index in [2.05, 4.69) is 50.9 Å². The smallest absolute Gasteiger partial charge is 0.416 e. The number of halogens is 3. The van der Waals surface area contributed by atoms with Crippen molar-refractivity contribution in [1.82, 2.24) is 14.8 Å². The van der Waals surface area contributed by atoms with Crippen LogP contribution in [-0.2, 0) is 12.7 Å². The Labute approximate surface area is 256 Å². The first-order valence-electron chi connectivity index (χ1n) is 14.3. The second-order valence-corrected chi connectivity index (χ2v) is 10.5. The van der Waals surface area contributed by atoms with Gasteiger partial charge in [-0.05, 0) is 104 Å². The average molecular weight is 600 g/mol. The second-order valence-electron chi connectivity index (χ2n) is 10.5. The second kappa shape index (κ2) is 11.0. The molecule has 2 heterocycles. The lowest BCUT2D eigenvalue weighted by molar-refractivity contribution is -0.137. The fourth-order valence-corrected chi connectivity index (χ4v) is 5.68. The topological polar surface area (TPSA) is 70.9 Å². The van der Waals surface area contributed by atoms with Crippen molar-refractivity contribution in [2.45, 2.75) is 19.6 Å². The lowest BCUT2D eigenvalue weighted by Gasteiger charge is -2.25. The summed E-state index contributed by atoms with van der Waals surface area (Å²) in [4.78, 5) is 2.15. The molecule has 0 fully saturated rings. The van der Waals surface area contributed by atoms with Gasteiger partial charge < -0.3 is 13.9 Å². The number of benzene rings is 5. The summed E-state index contributed by atoms with van der Waals surface area (Å²) >= 11 is 0. The Morgan fingerprint density at radius 1 is 0.711 bits per heavy atom. The zero-order valence-corrected chi connectivity index (χ0v) is 24.0. The number of hydrogen-bond acceptors (Lipinski definition) is 5. The van der Waals surface area contributed by atoms with Crippen LogP contribution in [0.2, 0.25) is 0 Å². The van der Waals surface area contributed by atoms with E-state index in [0.29, 0.717) is 16.7 Å². The third-order valence-electron chi connectivity index (χ3n) is 7.82. The standard InChI is InChI=1S/C36H24F3N5O/c1-2-43-32-18-8-23(22-40)20-30(32)31-21-29(17-19-33(31)43)44(27-6-4-3-5-7-27)28-15-11-25(12-16-28)35-42-41-34(45-35)24-9-13-26(14-10-24)36(37,38)39/h3-21H,2H2,1H3. The number of aromatic nitrogens is 3. The molecule has 0 saturated heterocycles. The van der Waals surface area contributed by atoms with Gasteiger partial charge in [-0.1, -0.05) is 18.2 Å². The minimum Gasteiger partial charge on any atom is -0.416 e. The Morgan fingerprint density at radius 2 is 1.27 bits per heavy atom. The maximum atomic E-state index is 13.0. The zero-order valence-electron chi connectivity index (χ0n) is 24.0. The minimum absolute atomic E-state index is 0.132. The fourth-order valence-electron chi connectivity index (χ4n) is 5.68. The predicted octanol–water partition coefficient (Wildman–Crippen LogP) is 9.89. The Morgan fingerprint density at radius 3 is 1.87 bits per heavy atom. The van der Waals surface area contributed by atoms with Gasteiger partial charge in [0.2, 0.25) is 11.8 Å². The molecule has 5 aromatic carbocycles. The van der Waals surface area contributed by atoms with Gasteiger partial charge in [0.15, 0.2) is 0 Å². The minimum atomic E-state index is -4.42. The fraction of sp³-hybridized carbons (Fsp3) is 0.0833. The van der Waals surface area contributed by atoms with Gasteiger partial charge in [-0.3, -0.25) is 0 Å². The van der Waals surface area contributed by atoms with Crippen LogP contribution in [0, 0.1) is 11.3 Å². The average Bonchev–Trinajstić information content (AvgIpc) is 3.68. The van der Waals surface area contributed by atoms with Crippen LogP contribution in [0.4, 0.5) is 30.2 Å². The molecule has 0 spiro atoms. The van der Waals surface area contributed by atoms with Crippen molar-refractivity contribution in [1.29, 1.82) is 5.26 Å². The van der Waals surface area contributed by atoms with E-state index >= 15 is 0 Å². The molecule has 2 aromatic heterocycles. The summed E-state index contributed by atoms with van der Waals surface area (Å²) in [5.41, 5.74) is 5.91. The lowest BCUT2D eigenvalue weighted by atomic mass is 10.1. The summed E-state index contributed by atoms with van der Waals surface area (Å²) in [7, 11) is 0. The van der Waals surface area contributed by atoms with Gasteiger partial charge in [0, 0.05) is 56.5 Å². The molecule has 0 atom stereocenters. The maximum Gasteiger partial charge on any atom is 0.416 e. The molecule has 220 valence electrons. The van der Waals surface area contributed by atoms with E-state index in [-0.39, 0.29) is 11.8 Å². The predicted molar refractivity (Wildman–Crippen MR) is 168 cm³/mol. The molecule has 0 radical (unpaired) electrons. The highest BCUT2D eigenvalue weighted by Crippen LogP contribution is 2.39. The van der Waals surface area contributed by atoms with Crippen molar-refractivity contribution < 1.29 is 17.6 Å². The van der Waals surface area contributed by atoms with Crippen LogP contribution in [-0.4, -0.2) is 14.8 Å². The normalized spacial score (nSPS) is 11.6. The highest BCUT2D eigenvalue weighted by atomic mass is 19.4. The molecule has 0 saturated carbocycles. The summed E-state index contributed by atoms with van der Waals surface area (Å²) in [5, 5.41) is 19.8. The van der Waals surface area contributed by atoms with E-state index in [0.717, 1.165) is 57.5 Å². The van der Waals surface area contributed by atoms with Gasteiger partial charge in [0.1, 0.15) is 0 Å². The van der Waals surface area contributed by atoms with Crippen molar-refractivity contribution >= 4 is 38.9 Å². The van der Waals surface area contributed by atoms with Crippen molar-refractivity contribution in [2.24, 2.45) is 0 Å². The van der Waals surface area contributed by atoms with Gasteiger partial charge >= 0.3 is 6.18 Å². The first-order valence-corrected chi connectivity index (χ1v) is 14.3. The van der Waals surface area contributed by atoms with E-state index in [1.165, 1.54) is 12.1 Å². The number of fused-ring (bicyclic) bond motifs is 3. The molecule has 0 N–H and O–H groups in total. The lowest BCUT2D eigenvalue weighted by Crippen LogP contribution is -2.09. The van der Waals surface area contributed by atoms with Gasteiger partial charge in [-0.15, -0.1) is 10.2 Å². The number of anilines is 3. The summed E-state index contributed by atoms with van der Waals surface area (Å²) in [6.07, 6.45) is -4.42. The molecule has 0 aliphatic carbocycles. The van der Waals surface area contributed by atoms with Crippen molar-refractivity contribution in [3.05, 3.63) is 126 Å². The number of alkyl halides is 3. The number of hydrogen-bond donors (Lipinski definition) is 0. The molecule has 0 aliphatic rings. The number of rotatable bonds is 6. The van der Waals surface area contributed by atoms with Gasteiger partial charge in [-0.2, -0.15) is 18.4 Å². The van der Waals surface area contributed by atoms with Gasteiger partial charge in [0.25, 0.3) is 0 Å². The van der Waals surface area contributed by atoms with Crippen molar-refractivity contribution in [3.63, 3.8) is 0 Å². The van der Waals surface area contributed by atoms with Crippen LogP contribution >= 0.6 is 0 Å². The Kier molecular flexibility index (Phi) is 6.82. The van der Waals surface area contributed by atoms with Crippen LogP contribution in [0.15, 0.2) is 120 Å². The molecule has 0 unspecified atom stereocenters. The molecular weight excluding hydrogens is 575 g/mol. The van der Waals surface area contributed by atoms with Crippen molar-refractivity contribution in [3.8, 4) is 29.0 Å². The quantitative estimate of drug-likeness (QED) is 0.190. The SMILES string of the molecule is CCn1c2ccc(C#N)cc2c2cc(N(c3ccccc3)c3ccc(-c4nnc(-c5ccc(C(F)(F)F)cc5)o4)cc3)ccc21. The highest BCUT2D eigenvalue weighted by molar-refractivity contribution is 6.10. The van der Waals surface area contributed by atoms with Crippen molar-refractivity contribution in [2.75, 3.05) is 4.90 Å². The summed E-state index contributed by atoms with van der Waals surface area (Å²) in [6.45, 7) is 2.91. The third-order valence-corrected chi connectivity index (χ3v) is 7.82. The summed E-state index contributed by atoms with van der Waals surface area (Å²) in [6, 6.07) is 36.7. The number of para-hydroxylation sites is 1. The van der Waals surface area contributed by atoms with E-state index in [9.17, 15) is 18.4 Å². The molecule has 7 rings (SSSR count). The Bertz CT molecular complexity index is 2190. The zero-order chi connectivity index (χ0) is 31.1. The number of nitriles is 1. The molecule has 0 aliphatic heterocycles. The highest BCUT2D eigenvalue weighted by Gasteiger charge is 2.30. The van der Waals surface area contributed by atoms with Crippen LogP contribution in [0.3, 0.4) is 0 Å². The van der Waals surface area contributed by atoms with Crippen LogP contribution in [0.25, 0.3) is 44.7 Å². The monoisotopic (exact) mass is 599 g/mol. The molecular formula is C36H24F3N5O. The van der Waals surface area contributed by atoms with Crippen LogP contribution in [0.5, 0.6) is 0 Å². The molecule has 0 amide bonds. The maximum absolute atomic E-state index is 13.0. The number of nitrogens with zero attached hydrogens (tertiary/aromatic N) is 5. The molecule has 9 heteroatoms. The number of aryl methyl sites for hydroxylation is 1.